The molecule has 1 aromatic rings. The standard InChI is InChI=1S/C15H21ClFN3.ClH/c16-13-7-12(8-14(17)9-13)10-19-4-1-15(11-19)20-5-2-18-3-6-20;/h7-9,15,18H,1-6,10-11H2;1H. The Balaban J connectivity index is 0.00000161. The lowest BCUT2D eigenvalue weighted by Crippen LogP contribution is -2.49. The molecule has 1 N–H and O–H groups in total. The van der Waals surface area contributed by atoms with E-state index < -0.39 is 0 Å². The second-order valence-corrected chi connectivity index (χ2v) is 6.18. The van der Waals surface area contributed by atoms with Crippen LogP contribution in [-0.4, -0.2) is 55.1 Å². The second-order valence-electron chi connectivity index (χ2n) is 5.74. The van der Waals surface area contributed by atoms with E-state index in [4.69, 9.17) is 11.6 Å². The van der Waals surface area contributed by atoms with Crippen molar-refractivity contribution in [3.63, 3.8) is 0 Å². The van der Waals surface area contributed by atoms with Gasteiger partial charge in [-0.1, -0.05) is 11.6 Å². The fourth-order valence-corrected chi connectivity index (χ4v) is 3.51. The molecule has 2 saturated heterocycles. The van der Waals surface area contributed by atoms with Crippen LogP contribution in [0.4, 0.5) is 4.39 Å². The van der Waals surface area contributed by atoms with Crippen LogP contribution in [0.2, 0.25) is 5.02 Å². The molecule has 3 nitrogen and oxygen atoms in total. The van der Waals surface area contributed by atoms with E-state index in [-0.39, 0.29) is 18.2 Å². The fraction of sp³-hybridized carbons (Fsp3) is 0.600. The summed E-state index contributed by atoms with van der Waals surface area (Å²) in [4.78, 5) is 4.98. The first kappa shape index (κ1) is 17.0. The number of nitrogens with zero attached hydrogens (tertiary/aromatic N) is 2. The molecule has 0 aromatic heterocycles. The van der Waals surface area contributed by atoms with Crippen LogP contribution in [0.15, 0.2) is 18.2 Å². The predicted octanol–water partition coefficient (Wildman–Crippen LogP) is 2.38. The smallest absolute Gasteiger partial charge is 0.125 e. The first-order valence-electron chi connectivity index (χ1n) is 7.33. The van der Waals surface area contributed by atoms with Gasteiger partial charge in [0, 0.05) is 56.9 Å². The fourth-order valence-electron chi connectivity index (χ4n) is 3.26. The highest BCUT2D eigenvalue weighted by atomic mass is 35.5. The van der Waals surface area contributed by atoms with Gasteiger partial charge in [0.05, 0.1) is 0 Å². The zero-order chi connectivity index (χ0) is 13.9. The molecule has 0 amide bonds. The van der Waals surface area contributed by atoms with E-state index in [0.29, 0.717) is 11.1 Å². The summed E-state index contributed by atoms with van der Waals surface area (Å²) in [5.74, 6) is -0.245. The third-order valence-corrected chi connectivity index (χ3v) is 4.46. The molecule has 2 aliphatic heterocycles. The quantitative estimate of drug-likeness (QED) is 0.916. The van der Waals surface area contributed by atoms with Crippen molar-refractivity contribution in [3.8, 4) is 0 Å². The van der Waals surface area contributed by atoms with Gasteiger partial charge in [0.2, 0.25) is 0 Å². The molecule has 0 spiro atoms. The number of rotatable bonds is 3. The van der Waals surface area contributed by atoms with Crippen LogP contribution in [0.3, 0.4) is 0 Å². The van der Waals surface area contributed by atoms with Gasteiger partial charge in [-0.3, -0.25) is 9.80 Å². The topological polar surface area (TPSA) is 18.5 Å². The molecule has 0 radical (unpaired) electrons. The zero-order valence-electron chi connectivity index (χ0n) is 12.0. The summed E-state index contributed by atoms with van der Waals surface area (Å²) >= 11 is 5.91. The van der Waals surface area contributed by atoms with Gasteiger partial charge in [0.15, 0.2) is 0 Å². The summed E-state index contributed by atoms with van der Waals surface area (Å²) in [6.45, 7) is 7.43. The summed E-state index contributed by atoms with van der Waals surface area (Å²) in [5, 5.41) is 3.87. The Morgan fingerprint density at radius 2 is 1.95 bits per heavy atom. The molecule has 1 unspecified atom stereocenters. The van der Waals surface area contributed by atoms with Gasteiger partial charge in [0.25, 0.3) is 0 Å². The zero-order valence-corrected chi connectivity index (χ0v) is 13.6. The number of piperazine rings is 1. The summed E-state index contributed by atoms with van der Waals surface area (Å²) in [5.41, 5.74) is 0.968. The average molecular weight is 334 g/mol. The molecule has 2 aliphatic rings. The maximum absolute atomic E-state index is 13.4. The number of likely N-dealkylation sites (tertiary alicyclic amines) is 1. The normalized spacial score (nSPS) is 24.0. The van der Waals surface area contributed by atoms with Crippen LogP contribution in [0.1, 0.15) is 12.0 Å². The summed E-state index contributed by atoms with van der Waals surface area (Å²) in [6, 6.07) is 5.46. The Morgan fingerprint density at radius 3 is 2.67 bits per heavy atom. The summed E-state index contributed by atoms with van der Waals surface area (Å²) in [6.07, 6.45) is 1.21. The highest BCUT2D eigenvalue weighted by Gasteiger charge is 2.28. The Bertz CT molecular complexity index is 446. The molecular weight excluding hydrogens is 312 g/mol. The van der Waals surface area contributed by atoms with Gasteiger partial charge in [-0.25, -0.2) is 4.39 Å². The van der Waals surface area contributed by atoms with E-state index in [0.717, 1.165) is 51.4 Å². The first-order valence-corrected chi connectivity index (χ1v) is 7.70. The van der Waals surface area contributed by atoms with E-state index in [2.05, 4.69) is 15.1 Å². The lowest BCUT2D eigenvalue weighted by Gasteiger charge is -2.32. The molecule has 21 heavy (non-hydrogen) atoms. The Morgan fingerprint density at radius 1 is 1.19 bits per heavy atom. The van der Waals surface area contributed by atoms with Crippen molar-refractivity contribution in [2.24, 2.45) is 0 Å². The van der Waals surface area contributed by atoms with Crippen molar-refractivity contribution in [3.05, 3.63) is 34.6 Å². The molecule has 3 rings (SSSR count). The van der Waals surface area contributed by atoms with Gasteiger partial charge in [0.1, 0.15) is 5.82 Å². The van der Waals surface area contributed by atoms with Gasteiger partial charge in [-0.15, -0.1) is 12.4 Å². The Labute approximate surface area is 136 Å². The van der Waals surface area contributed by atoms with Crippen molar-refractivity contribution in [2.45, 2.75) is 19.0 Å². The van der Waals surface area contributed by atoms with Crippen LogP contribution < -0.4 is 5.32 Å². The van der Waals surface area contributed by atoms with Crippen LogP contribution in [0.25, 0.3) is 0 Å². The Kier molecular flexibility index (Phi) is 6.26. The molecule has 0 bridgehead atoms. The van der Waals surface area contributed by atoms with Gasteiger partial charge >= 0.3 is 0 Å². The van der Waals surface area contributed by atoms with E-state index in [1.165, 1.54) is 12.5 Å². The van der Waals surface area contributed by atoms with Crippen LogP contribution >= 0.6 is 24.0 Å². The minimum absolute atomic E-state index is 0. The molecule has 1 atom stereocenters. The third kappa shape index (κ3) is 4.54. The SMILES string of the molecule is Cl.Fc1cc(Cl)cc(CN2CCC(N3CCNCC3)C2)c1. The minimum atomic E-state index is -0.245. The van der Waals surface area contributed by atoms with Crippen LogP contribution in [0, 0.1) is 5.82 Å². The predicted molar refractivity (Wildman–Crippen MR) is 86.8 cm³/mol. The van der Waals surface area contributed by atoms with Gasteiger partial charge in [-0.2, -0.15) is 0 Å². The van der Waals surface area contributed by atoms with E-state index >= 15 is 0 Å². The number of hydrogen-bond acceptors (Lipinski definition) is 3. The average Bonchev–Trinajstić information content (AvgIpc) is 2.87. The second kappa shape index (κ2) is 7.75. The van der Waals surface area contributed by atoms with Gasteiger partial charge < -0.3 is 5.32 Å². The lowest BCUT2D eigenvalue weighted by molar-refractivity contribution is 0.170. The highest BCUT2D eigenvalue weighted by Crippen LogP contribution is 2.20. The summed E-state index contributed by atoms with van der Waals surface area (Å²) in [7, 11) is 0. The van der Waals surface area contributed by atoms with Gasteiger partial charge in [-0.05, 0) is 30.2 Å². The van der Waals surface area contributed by atoms with Crippen molar-refractivity contribution >= 4 is 24.0 Å². The Hall–Kier alpha value is -0.390. The van der Waals surface area contributed by atoms with Crippen LogP contribution in [0.5, 0.6) is 0 Å². The summed E-state index contributed by atoms with van der Waals surface area (Å²) < 4.78 is 13.4. The highest BCUT2D eigenvalue weighted by molar-refractivity contribution is 6.30. The van der Waals surface area contributed by atoms with Crippen LogP contribution in [-0.2, 0) is 6.54 Å². The maximum Gasteiger partial charge on any atom is 0.125 e. The van der Waals surface area contributed by atoms with Crippen molar-refractivity contribution in [1.29, 1.82) is 0 Å². The molecule has 118 valence electrons. The first-order chi connectivity index (χ1) is 9.70. The molecule has 0 saturated carbocycles. The van der Waals surface area contributed by atoms with Crippen molar-refractivity contribution in [1.82, 2.24) is 15.1 Å². The van der Waals surface area contributed by atoms with E-state index in [1.54, 1.807) is 6.07 Å². The number of hydrogen-bond donors (Lipinski definition) is 1. The largest absolute Gasteiger partial charge is 0.314 e. The minimum Gasteiger partial charge on any atom is -0.314 e. The molecule has 2 heterocycles. The van der Waals surface area contributed by atoms with Crippen molar-refractivity contribution in [2.75, 3.05) is 39.3 Å². The maximum atomic E-state index is 13.4. The molecule has 0 aliphatic carbocycles. The lowest BCUT2D eigenvalue weighted by atomic mass is 10.2. The van der Waals surface area contributed by atoms with E-state index in [9.17, 15) is 4.39 Å². The number of halogens is 3. The molecule has 1 aromatic carbocycles. The number of nitrogens with one attached hydrogen (secondary N) is 1. The van der Waals surface area contributed by atoms with E-state index in [1.807, 2.05) is 6.07 Å². The molecule has 6 heteroatoms. The molecular formula is C15H22Cl2FN3. The van der Waals surface area contributed by atoms with Crippen molar-refractivity contribution < 1.29 is 4.39 Å². The molecule has 2 fully saturated rings. The monoisotopic (exact) mass is 333 g/mol. The number of benzene rings is 1. The third-order valence-electron chi connectivity index (χ3n) is 4.24.